The molecule has 2 aromatic rings. The molecule has 0 bridgehead atoms. The van der Waals surface area contributed by atoms with Gasteiger partial charge < -0.3 is 0 Å². The molecular weight excluding hydrogens is 156 g/mol. The van der Waals surface area contributed by atoms with Crippen LogP contribution in [0.2, 0.25) is 0 Å². The van der Waals surface area contributed by atoms with Gasteiger partial charge in [-0.2, -0.15) is 0 Å². The molecule has 0 N–H and O–H groups in total. The van der Waals surface area contributed by atoms with Gasteiger partial charge in [-0.25, -0.2) is 0 Å². The first kappa shape index (κ1) is 7.14. The molecule has 0 atom stereocenters. The lowest BCUT2D eigenvalue weighted by atomic mass is 9.89. The first-order valence-electron chi connectivity index (χ1n) is 4.70. The molecule has 0 heteroatoms. The van der Waals surface area contributed by atoms with Crippen molar-refractivity contribution in [3.8, 4) is 0 Å². The van der Waals surface area contributed by atoms with Gasteiger partial charge in [-0.15, -0.1) is 0 Å². The molecule has 0 aliphatic heterocycles. The van der Waals surface area contributed by atoms with Gasteiger partial charge in [-0.05, 0) is 34.7 Å². The first-order chi connectivity index (χ1) is 6.45. The highest BCUT2D eigenvalue weighted by molar-refractivity contribution is 5.90. The molecule has 0 unspecified atom stereocenters. The van der Waals surface area contributed by atoms with Crippen LogP contribution in [0.15, 0.2) is 36.4 Å². The van der Waals surface area contributed by atoms with Crippen molar-refractivity contribution in [2.24, 2.45) is 0 Å². The summed E-state index contributed by atoms with van der Waals surface area (Å²) >= 11 is 0. The van der Waals surface area contributed by atoms with Gasteiger partial charge in [0.2, 0.25) is 0 Å². The van der Waals surface area contributed by atoms with Gasteiger partial charge in [0.1, 0.15) is 0 Å². The van der Waals surface area contributed by atoms with Crippen molar-refractivity contribution in [1.82, 2.24) is 0 Å². The van der Waals surface area contributed by atoms with E-state index < -0.39 is 0 Å². The third kappa shape index (κ3) is 0.983. The molecule has 0 amide bonds. The van der Waals surface area contributed by atoms with Gasteiger partial charge >= 0.3 is 0 Å². The molecule has 0 saturated heterocycles. The minimum Gasteiger partial charge on any atom is -0.0614 e. The van der Waals surface area contributed by atoms with E-state index in [1.165, 1.54) is 21.9 Å². The first-order valence-corrected chi connectivity index (χ1v) is 4.70. The summed E-state index contributed by atoms with van der Waals surface area (Å²) in [4.78, 5) is 0. The zero-order chi connectivity index (χ0) is 8.67. The van der Waals surface area contributed by atoms with E-state index in [-0.39, 0.29) is 0 Å². The number of hydrogen-bond donors (Lipinski definition) is 0. The maximum atomic E-state index is 3.43. The molecule has 0 fully saturated rings. The number of benzene rings is 2. The molecule has 1 aliphatic rings. The van der Waals surface area contributed by atoms with E-state index in [0.29, 0.717) is 0 Å². The van der Waals surface area contributed by atoms with Crippen molar-refractivity contribution < 1.29 is 0 Å². The van der Waals surface area contributed by atoms with E-state index in [9.17, 15) is 0 Å². The van der Waals surface area contributed by atoms with Crippen LogP contribution in [0, 0.1) is 6.42 Å². The van der Waals surface area contributed by atoms with E-state index in [4.69, 9.17) is 0 Å². The molecule has 13 heavy (non-hydrogen) atoms. The van der Waals surface area contributed by atoms with E-state index in [0.717, 1.165) is 12.8 Å². The lowest BCUT2D eigenvalue weighted by Crippen LogP contribution is -1.98. The fraction of sp³-hybridized carbons (Fsp3) is 0.154. The van der Waals surface area contributed by atoms with Crippen molar-refractivity contribution in [1.29, 1.82) is 0 Å². The average Bonchev–Trinajstić information content (AvgIpc) is 2.19. The van der Waals surface area contributed by atoms with Crippen molar-refractivity contribution >= 4 is 10.8 Å². The van der Waals surface area contributed by atoms with Crippen LogP contribution >= 0.6 is 0 Å². The Kier molecular flexibility index (Phi) is 1.42. The van der Waals surface area contributed by atoms with Gasteiger partial charge in [-0.1, -0.05) is 36.4 Å². The predicted octanol–water partition coefficient (Wildman–Crippen LogP) is 3.22. The Balaban J connectivity index is 2.49. The topological polar surface area (TPSA) is 0 Å². The Morgan fingerprint density at radius 2 is 1.85 bits per heavy atom. The second-order valence-electron chi connectivity index (χ2n) is 3.50. The molecule has 0 aromatic heterocycles. The molecule has 1 aliphatic carbocycles. The lowest BCUT2D eigenvalue weighted by molar-refractivity contribution is 0.941. The quantitative estimate of drug-likeness (QED) is 0.563. The number of rotatable bonds is 0. The third-order valence-corrected chi connectivity index (χ3v) is 2.70. The molecule has 3 rings (SSSR count). The van der Waals surface area contributed by atoms with Gasteiger partial charge in [0.15, 0.2) is 0 Å². The molecule has 0 heterocycles. The molecule has 0 saturated carbocycles. The van der Waals surface area contributed by atoms with Crippen molar-refractivity contribution in [2.75, 3.05) is 0 Å². The Morgan fingerprint density at radius 3 is 2.77 bits per heavy atom. The Labute approximate surface area is 78.2 Å². The van der Waals surface area contributed by atoms with Gasteiger partial charge in [0.05, 0.1) is 0 Å². The maximum absolute atomic E-state index is 3.43. The summed E-state index contributed by atoms with van der Waals surface area (Å²) in [6.07, 6.45) is 5.64. The lowest BCUT2D eigenvalue weighted by Gasteiger charge is -2.15. The summed E-state index contributed by atoms with van der Waals surface area (Å²) in [6.45, 7) is 0. The van der Waals surface area contributed by atoms with Gasteiger partial charge in [0.25, 0.3) is 0 Å². The highest BCUT2D eigenvalue weighted by Gasteiger charge is 2.11. The van der Waals surface area contributed by atoms with Crippen LogP contribution in [0.25, 0.3) is 10.8 Å². The van der Waals surface area contributed by atoms with Crippen LogP contribution in [0.3, 0.4) is 0 Å². The summed E-state index contributed by atoms with van der Waals surface area (Å²) in [5.41, 5.74) is 2.77. The summed E-state index contributed by atoms with van der Waals surface area (Å²) < 4.78 is 0. The van der Waals surface area contributed by atoms with Gasteiger partial charge in [0, 0.05) is 6.42 Å². The van der Waals surface area contributed by atoms with Crippen molar-refractivity contribution in [3.63, 3.8) is 0 Å². The zero-order valence-corrected chi connectivity index (χ0v) is 7.38. The Bertz CT molecular complexity index is 416. The fourth-order valence-corrected chi connectivity index (χ4v) is 2.11. The smallest absolute Gasteiger partial charge is 0.0174 e. The van der Waals surface area contributed by atoms with Crippen LogP contribution in [0.5, 0.6) is 0 Å². The maximum Gasteiger partial charge on any atom is 0.0174 e. The summed E-state index contributed by atoms with van der Waals surface area (Å²) in [7, 11) is 0. The summed E-state index contributed by atoms with van der Waals surface area (Å²) in [6, 6.07) is 13.0. The molecule has 0 nitrogen and oxygen atoms in total. The van der Waals surface area contributed by atoms with E-state index in [1.807, 2.05) is 0 Å². The van der Waals surface area contributed by atoms with Crippen LogP contribution in [0.1, 0.15) is 17.5 Å². The van der Waals surface area contributed by atoms with Crippen molar-refractivity contribution in [3.05, 3.63) is 53.9 Å². The summed E-state index contributed by atoms with van der Waals surface area (Å²) in [5.74, 6) is 0. The Hall–Kier alpha value is -1.30. The predicted molar refractivity (Wildman–Crippen MR) is 54.6 cm³/mol. The van der Waals surface area contributed by atoms with Crippen LogP contribution in [-0.2, 0) is 6.42 Å². The summed E-state index contributed by atoms with van der Waals surface area (Å²) in [5, 5.41) is 2.76. The highest BCUT2D eigenvalue weighted by atomic mass is 14.1. The molecular formula is C13H10. The molecule has 2 radical (unpaired) electrons. The molecule has 62 valence electrons. The van der Waals surface area contributed by atoms with E-state index >= 15 is 0 Å². The second-order valence-corrected chi connectivity index (χ2v) is 3.50. The van der Waals surface area contributed by atoms with Crippen molar-refractivity contribution in [2.45, 2.75) is 12.8 Å². The Morgan fingerprint density at radius 1 is 1.00 bits per heavy atom. The third-order valence-electron chi connectivity index (χ3n) is 2.70. The average molecular weight is 166 g/mol. The minimum absolute atomic E-state index is 1.07. The number of aryl methyl sites for hydroxylation is 1. The largest absolute Gasteiger partial charge is 0.0614 e. The monoisotopic (exact) mass is 166 g/mol. The molecule has 0 spiro atoms. The van der Waals surface area contributed by atoms with E-state index in [2.05, 4.69) is 42.8 Å². The normalized spacial score (nSPS) is 14.8. The van der Waals surface area contributed by atoms with E-state index in [1.54, 1.807) is 0 Å². The minimum atomic E-state index is 1.07. The van der Waals surface area contributed by atoms with Gasteiger partial charge in [-0.3, -0.25) is 0 Å². The van der Waals surface area contributed by atoms with Crippen LogP contribution in [0.4, 0.5) is 0 Å². The second kappa shape index (κ2) is 2.59. The SMILES string of the molecule is [C]1CCc2cccc3cccc1c23. The zero-order valence-electron chi connectivity index (χ0n) is 7.38. The number of hydrogen-bond acceptors (Lipinski definition) is 0. The molecule has 2 aromatic carbocycles. The fourth-order valence-electron chi connectivity index (χ4n) is 2.11. The standard InChI is InChI=1S/C13H10/c1-4-10-6-2-8-12-9-3-7-11(5-1)13(10)12/h1-2,4-6,8H,3,7H2. The van der Waals surface area contributed by atoms with Crippen LogP contribution < -0.4 is 0 Å². The van der Waals surface area contributed by atoms with Crippen LogP contribution in [-0.4, -0.2) is 0 Å². The highest BCUT2D eigenvalue weighted by Crippen LogP contribution is 2.30.